The van der Waals surface area contributed by atoms with Crippen LogP contribution in [0.25, 0.3) is 0 Å². The molecule has 0 amide bonds. The molecule has 0 saturated heterocycles. The molecule has 18 heavy (non-hydrogen) atoms. The van der Waals surface area contributed by atoms with Crippen molar-refractivity contribution in [2.45, 2.75) is 38.6 Å². The van der Waals surface area contributed by atoms with Gasteiger partial charge in [0.25, 0.3) is 0 Å². The minimum absolute atomic E-state index is 0.142. The molecule has 0 heterocycles. The van der Waals surface area contributed by atoms with Crippen molar-refractivity contribution in [3.63, 3.8) is 0 Å². The molecular formula is C14H20ClFN2. The Labute approximate surface area is 113 Å². The average molecular weight is 271 g/mol. The topological polar surface area (TPSA) is 38.0 Å². The Balaban J connectivity index is 2.20. The van der Waals surface area contributed by atoms with Crippen molar-refractivity contribution in [3.8, 4) is 0 Å². The number of nitrogens with one attached hydrogen (secondary N) is 1. The van der Waals surface area contributed by atoms with E-state index in [-0.39, 0.29) is 16.9 Å². The van der Waals surface area contributed by atoms with E-state index in [1.807, 2.05) is 0 Å². The van der Waals surface area contributed by atoms with Gasteiger partial charge < -0.3 is 0 Å². The van der Waals surface area contributed by atoms with Gasteiger partial charge in [-0.05, 0) is 30.7 Å². The Morgan fingerprint density at radius 1 is 1.33 bits per heavy atom. The Kier molecular flexibility index (Phi) is 4.60. The lowest BCUT2D eigenvalue weighted by Crippen LogP contribution is -2.35. The minimum Gasteiger partial charge on any atom is -0.271 e. The summed E-state index contributed by atoms with van der Waals surface area (Å²) >= 11 is 5.83. The molecule has 1 atom stereocenters. The minimum atomic E-state index is -0.347. The van der Waals surface area contributed by atoms with E-state index in [9.17, 15) is 4.39 Å². The molecule has 1 aliphatic carbocycles. The third kappa shape index (κ3) is 2.85. The van der Waals surface area contributed by atoms with E-state index in [1.54, 1.807) is 18.2 Å². The monoisotopic (exact) mass is 270 g/mol. The second kappa shape index (κ2) is 6.00. The SMILES string of the molecule is CC1CCC(C(NN)c2cccc(Cl)c2F)CC1. The van der Waals surface area contributed by atoms with Crippen LogP contribution in [0.15, 0.2) is 18.2 Å². The molecule has 2 nitrogen and oxygen atoms in total. The van der Waals surface area contributed by atoms with Gasteiger partial charge in [0.05, 0.1) is 11.1 Å². The summed E-state index contributed by atoms with van der Waals surface area (Å²) in [6.07, 6.45) is 4.54. The van der Waals surface area contributed by atoms with Crippen molar-refractivity contribution in [2.24, 2.45) is 17.7 Å². The summed E-state index contributed by atoms with van der Waals surface area (Å²) in [4.78, 5) is 0. The zero-order chi connectivity index (χ0) is 13.1. The second-order valence-corrected chi connectivity index (χ2v) is 5.71. The lowest BCUT2D eigenvalue weighted by molar-refractivity contribution is 0.229. The third-order valence-electron chi connectivity index (χ3n) is 4.03. The fraction of sp³-hybridized carbons (Fsp3) is 0.571. The molecule has 1 aromatic carbocycles. The molecule has 1 aromatic rings. The summed E-state index contributed by atoms with van der Waals surface area (Å²) in [5.41, 5.74) is 3.36. The maximum Gasteiger partial charge on any atom is 0.146 e. The van der Waals surface area contributed by atoms with Gasteiger partial charge in [-0.25, -0.2) is 4.39 Å². The molecule has 2 rings (SSSR count). The smallest absolute Gasteiger partial charge is 0.146 e. The van der Waals surface area contributed by atoms with Crippen molar-refractivity contribution in [1.29, 1.82) is 0 Å². The van der Waals surface area contributed by atoms with Crippen molar-refractivity contribution in [1.82, 2.24) is 5.43 Å². The quantitative estimate of drug-likeness (QED) is 0.647. The molecule has 1 unspecified atom stereocenters. The molecule has 0 spiro atoms. The first-order chi connectivity index (χ1) is 8.63. The summed E-state index contributed by atoms with van der Waals surface area (Å²) in [5, 5.41) is 0.164. The standard InChI is InChI=1S/C14H20ClFN2/c1-9-5-7-10(8-6-9)14(18-17)11-3-2-4-12(15)13(11)16/h2-4,9-10,14,18H,5-8,17H2,1H3. The van der Waals surface area contributed by atoms with Crippen LogP contribution in [0.3, 0.4) is 0 Å². The molecule has 3 N–H and O–H groups in total. The van der Waals surface area contributed by atoms with Gasteiger partial charge in [0.15, 0.2) is 0 Å². The highest BCUT2D eigenvalue weighted by molar-refractivity contribution is 6.30. The molecule has 0 bridgehead atoms. The number of rotatable bonds is 3. The summed E-state index contributed by atoms with van der Waals surface area (Å²) in [5.74, 6) is 6.44. The molecule has 4 heteroatoms. The van der Waals surface area contributed by atoms with Crippen LogP contribution >= 0.6 is 11.6 Å². The summed E-state index contributed by atoms with van der Waals surface area (Å²) in [6, 6.07) is 4.97. The largest absolute Gasteiger partial charge is 0.271 e. The normalized spacial score (nSPS) is 26.0. The predicted molar refractivity (Wildman–Crippen MR) is 72.6 cm³/mol. The van der Waals surface area contributed by atoms with E-state index >= 15 is 0 Å². The van der Waals surface area contributed by atoms with Gasteiger partial charge in [0, 0.05) is 5.56 Å². The Bertz CT molecular complexity index is 403. The van der Waals surface area contributed by atoms with Crippen molar-refractivity contribution < 1.29 is 4.39 Å². The van der Waals surface area contributed by atoms with Gasteiger partial charge in [-0.1, -0.05) is 43.5 Å². The highest BCUT2D eigenvalue weighted by atomic mass is 35.5. The maximum atomic E-state index is 14.0. The Hall–Kier alpha value is -0.640. The molecule has 0 radical (unpaired) electrons. The molecular weight excluding hydrogens is 251 g/mol. The molecule has 0 aliphatic heterocycles. The fourth-order valence-corrected chi connectivity index (χ4v) is 3.04. The van der Waals surface area contributed by atoms with Crippen LogP contribution in [0.4, 0.5) is 4.39 Å². The summed E-state index contributed by atoms with van der Waals surface area (Å²) in [7, 11) is 0. The predicted octanol–water partition coefficient (Wildman–Crippen LogP) is 3.81. The van der Waals surface area contributed by atoms with Crippen LogP contribution in [0.1, 0.15) is 44.2 Å². The lowest BCUT2D eigenvalue weighted by Gasteiger charge is -2.32. The first-order valence-electron chi connectivity index (χ1n) is 6.53. The Morgan fingerprint density at radius 2 is 2.00 bits per heavy atom. The van der Waals surface area contributed by atoms with Crippen LogP contribution in [0, 0.1) is 17.7 Å². The number of halogens is 2. The van der Waals surface area contributed by atoms with E-state index in [4.69, 9.17) is 17.4 Å². The van der Waals surface area contributed by atoms with Gasteiger partial charge in [0.2, 0.25) is 0 Å². The molecule has 1 fully saturated rings. The highest BCUT2D eigenvalue weighted by Crippen LogP contribution is 2.37. The van der Waals surface area contributed by atoms with E-state index in [0.717, 1.165) is 18.8 Å². The number of hydrogen-bond donors (Lipinski definition) is 2. The van der Waals surface area contributed by atoms with E-state index in [2.05, 4.69) is 12.3 Å². The fourth-order valence-electron chi connectivity index (χ4n) is 2.86. The lowest BCUT2D eigenvalue weighted by atomic mass is 9.77. The van der Waals surface area contributed by atoms with Crippen LogP contribution < -0.4 is 11.3 Å². The zero-order valence-electron chi connectivity index (χ0n) is 10.6. The average Bonchev–Trinajstić information content (AvgIpc) is 2.37. The molecule has 1 saturated carbocycles. The van der Waals surface area contributed by atoms with Crippen molar-refractivity contribution in [3.05, 3.63) is 34.6 Å². The van der Waals surface area contributed by atoms with Crippen LogP contribution in [-0.2, 0) is 0 Å². The number of nitrogens with two attached hydrogens (primary N) is 1. The highest BCUT2D eigenvalue weighted by Gasteiger charge is 2.28. The van der Waals surface area contributed by atoms with Gasteiger partial charge in [-0.15, -0.1) is 0 Å². The van der Waals surface area contributed by atoms with Crippen LogP contribution in [-0.4, -0.2) is 0 Å². The first-order valence-corrected chi connectivity index (χ1v) is 6.91. The maximum absolute atomic E-state index is 14.0. The van der Waals surface area contributed by atoms with E-state index in [1.165, 1.54) is 12.8 Å². The Morgan fingerprint density at radius 3 is 2.61 bits per heavy atom. The van der Waals surface area contributed by atoms with Gasteiger partial charge in [-0.3, -0.25) is 11.3 Å². The zero-order valence-corrected chi connectivity index (χ0v) is 11.4. The van der Waals surface area contributed by atoms with Crippen LogP contribution in [0.2, 0.25) is 5.02 Å². The van der Waals surface area contributed by atoms with Crippen molar-refractivity contribution >= 4 is 11.6 Å². The molecule has 100 valence electrons. The number of benzene rings is 1. The van der Waals surface area contributed by atoms with Gasteiger partial charge >= 0.3 is 0 Å². The number of hydrogen-bond acceptors (Lipinski definition) is 2. The van der Waals surface area contributed by atoms with E-state index in [0.29, 0.717) is 11.5 Å². The van der Waals surface area contributed by atoms with Gasteiger partial charge in [-0.2, -0.15) is 0 Å². The summed E-state index contributed by atoms with van der Waals surface area (Å²) < 4.78 is 14.0. The second-order valence-electron chi connectivity index (χ2n) is 5.31. The van der Waals surface area contributed by atoms with Crippen LogP contribution in [0.5, 0.6) is 0 Å². The first kappa shape index (κ1) is 13.8. The van der Waals surface area contributed by atoms with E-state index < -0.39 is 0 Å². The molecule has 1 aliphatic rings. The summed E-state index contributed by atoms with van der Waals surface area (Å²) in [6.45, 7) is 2.26. The van der Waals surface area contributed by atoms with Crippen molar-refractivity contribution in [2.75, 3.05) is 0 Å². The third-order valence-corrected chi connectivity index (χ3v) is 4.32. The molecule has 0 aromatic heterocycles. The van der Waals surface area contributed by atoms with Gasteiger partial charge in [0.1, 0.15) is 5.82 Å². The number of hydrazine groups is 1.